The molecule has 0 aromatic heterocycles. The van der Waals surface area contributed by atoms with E-state index in [4.69, 9.17) is 14.2 Å². The maximum atomic E-state index is 11.3. The monoisotopic (exact) mass is 755 g/mol. The molecule has 0 spiro atoms. The summed E-state index contributed by atoms with van der Waals surface area (Å²) >= 11 is 0. The second kappa shape index (κ2) is 30.1. The Kier molecular flexibility index (Phi) is 38.1. The molecule has 0 aliphatic carbocycles. The van der Waals surface area contributed by atoms with Crippen LogP contribution in [0.15, 0.2) is 12.2 Å². The van der Waals surface area contributed by atoms with Crippen LogP contribution < -0.4 is 5.32 Å². The first-order chi connectivity index (χ1) is 17.3. The van der Waals surface area contributed by atoms with Gasteiger partial charge in [0.1, 0.15) is 13.2 Å². The van der Waals surface area contributed by atoms with Crippen LogP contribution in [0.2, 0.25) is 44.3 Å². The van der Waals surface area contributed by atoms with Crippen LogP contribution in [0.4, 0.5) is 4.79 Å². The second-order valence-corrected chi connectivity index (χ2v) is 23.4. The van der Waals surface area contributed by atoms with Gasteiger partial charge in [-0.2, -0.15) is 0 Å². The van der Waals surface area contributed by atoms with E-state index in [-0.39, 0.29) is 85.2 Å². The fraction of sp³-hybridized carbons (Fsp3) is 0.828. The molecule has 0 saturated carbocycles. The maximum absolute atomic E-state index is 11.3. The molecule has 7 nitrogen and oxygen atoms in total. The third kappa shape index (κ3) is 51.8. The van der Waals surface area contributed by atoms with Crippen LogP contribution in [0.3, 0.4) is 0 Å². The van der Waals surface area contributed by atoms with Gasteiger partial charge in [0.2, 0.25) is 0 Å². The molecular formula is C29H63NO6Si2Y2-2. The van der Waals surface area contributed by atoms with Crippen molar-refractivity contribution in [1.29, 1.82) is 0 Å². The predicted octanol–water partition coefficient (Wildman–Crippen LogP) is 7.32. The molecule has 0 bridgehead atoms. The van der Waals surface area contributed by atoms with Crippen molar-refractivity contribution in [3.63, 3.8) is 0 Å². The van der Waals surface area contributed by atoms with Crippen molar-refractivity contribution in [2.45, 2.75) is 118 Å². The van der Waals surface area contributed by atoms with Crippen molar-refractivity contribution in [2.75, 3.05) is 33.0 Å². The maximum Gasteiger partial charge on any atom is 0 e. The number of alkyl carbamates (subject to hydrolysis) is 1. The number of hydrogen-bond donors (Lipinski definition) is 2. The summed E-state index contributed by atoms with van der Waals surface area (Å²) in [5, 5.41) is 2.45. The van der Waals surface area contributed by atoms with Gasteiger partial charge in [0.15, 0.2) is 8.32 Å². The molecule has 236 valence electrons. The predicted molar refractivity (Wildman–Crippen MR) is 168 cm³/mol. The zero-order chi connectivity index (χ0) is 30.3. The van der Waals surface area contributed by atoms with E-state index in [1.54, 1.807) is 13.0 Å². The molecule has 0 unspecified atom stereocenters. The average Bonchev–Trinajstić information content (AvgIpc) is 2.77. The zero-order valence-electron chi connectivity index (χ0n) is 27.8. The van der Waals surface area contributed by atoms with Crippen molar-refractivity contribution in [2.24, 2.45) is 5.41 Å². The number of esters is 1. The Morgan fingerprint density at radius 1 is 0.950 bits per heavy atom. The summed E-state index contributed by atoms with van der Waals surface area (Å²) in [5.41, 5.74) is 0.812. The number of carbonyl (C=O) groups is 2. The molecule has 0 rings (SSSR count). The van der Waals surface area contributed by atoms with Gasteiger partial charge in [-0.1, -0.05) is 34.3 Å². The van der Waals surface area contributed by atoms with Crippen molar-refractivity contribution < 1.29 is 94.0 Å². The molecule has 1 amide bonds. The zero-order valence-corrected chi connectivity index (χ0v) is 35.7. The van der Waals surface area contributed by atoms with E-state index in [0.717, 1.165) is 18.9 Å². The molecule has 0 aliphatic rings. The standard InChI is InChI=1S/C14H27NO6Si.C10H24Si.C5H12.2Y/c1-12(2)13(16)20-8-6-15-14(17)21-10-9-19-7-5-11-22(3,4)18;1-5-7-9-11(3,4)10-8-6-2;1-5(2,3)4;;/h18H,1,5-11H2,2-4H3,(H,15,17);11H,1,5-10H2,2-4H3;1-4H3;;/q;-2;;;. The molecule has 0 aromatic carbocycles. The molecule has 2 N–H and O–H groups in total. The minimum absolute atomic E-state index is 0. The van der Waals surface area contributed by atoms with Crippen LogP contribution in [0.5, 0.6) is 0 Å². The van der Waals surface area contributed by atoms with Gasteiger partial charge in [-0.15, -0.1) is 0 Å². The number of amides is 1. The summed E-state index contributed by atoms with van der Waals surface area (Å²) in [6.45, 7) is 30.0. The summed E-state index contributed by atoms with van der Waals surface area (Å²) in [4.78, 5) is 31.9. The van der Waals surface area contributed by atoms with E-state index in [0.29, 0.717) is 24.2 Å². The molecule has 11 heteroatoms. The van der Waals surface area contributed by atoms with Gasteiger partial charge in [0.05, 0.1) is 13.2 Å². The SMILES string of the molecule is C=C(C)C(=O)OCCNC(=O)OCCOCCC[Si](C)(C)O.CC(C)(C)C.[CH2-]CCC[SiH-](C)(C)CCCC.[Y].[Y]. The van der Waals surface area contributed by atoms with Gasteiger partial charge in [0.25, 0.3) is 0 Å². The third-order valence-electron chi connectivity index (χ3n) is 5.07. The van der Waals surface area contributed by atoms with Crippen molar-refractivity contribution in [1.82, 2.24) is 5.32 Å². The number of nitrogens with one attached hydrogen (secondary N) is 1. The largest absolute Gasteiger partial charge is 0 e. The molecule has 0 aliphatic heterocycles. The Labute approximate surface area is 300 Å². The molecule has 2 radical (unpaired) electrons. The number of rotatable bonds is 17. The summed E-state index contributed by atoms with van der Waals surface area (Å²) < 4.78 is 15.0. The van der Waals surface area contributed by atoms with E-state index in [1.807, 2.05) is 13.1 Å². The number of ether oxygens (including phenoxy) is 3. The van der Waals surface area contributed by atoms with Gasteiger partial charge in [-0.3, -0.25) is 0 Å². The van der Waals surface area contributed by atoms with Crippen molar-refractivity contribution >= 4 is 28.5 Å². The number of hydrogen-bond acceptors (Lipinski definition) is 6. The molecular weight excluding hydrogens is 692 g/mol. The number of unbranched alkanes of at least 4 members (excludes halogenated alkanes) is 2. The third-order valence-corrected chi connectivity index (χ3v) is 10.6. The molecule has 0 heterocycles. The van der Waals surface area contributed by atoms with E-state index < -0.39 is 28.5 Å². The number of carbonyl (C=O) groups excluding carboxylic acids is 2. The molecule has 0 saturated heterocycles. The van der Waals surface area contributed by atoms with Gasteiger partial charge >= 0.3 is 84.8 Å². The van der Waals surface area contributed by atoms with Crippen LogP contribution >= 0.6 is 0 Å². The van der Waals surface area contributed by atoms with E-state index >= 15 is 0 Å². The molecule has 0 aromatic rings. The molecule has 0 fully saturated rings. The van der Waals surface area contributed by atoms with E-state index in [2.05, 4.69) is 66.5 Å². The Morgan fingerprint density at radius 3 is 1.93 bits per heavy atom. The Hall–Kier alpha value is 1.04. The van der Waals surface area contributed by atoms with Gasteiger partial charge < -0.3 is 24.3 Å². The van der Waals surface area contributed by atoms with Gasteiger partial charge in [-0.05, 0) is 37.9 Å². The first-order valence-corrected chi connectivity index (χ1v) is 21.5. The Balaban J connectivity index is -0.000000190. The minimum atomic E-state index is -1.99. The second-order valence-electron chi connectivity index (χ2n) is 13.1. The summed E-state index contributed by atoms with van der Waals surface area (Å²) in [6.07, 6.45) is 5.54. The van der Waals surface area contributed by atoms with Crippen molar-refractivity contribution in [3.05, 3.63) is 19.1 Å². The first kappa shape index (κ1) is 50.7. The summed E-state index contributed by atoms with van der Waals surface area (Å²) in [5.74, 6) is -0.488. The smallest absolute Gasteiger partial charge is 0 e. The topological polar surface area (TPSA) is 94.1 Å². The van der Waals surface area contributed by atoms with Gasteiger partial charge in [0, 0.05) is 77.6 Å². The van der Waals surface area contributed by atoms with E-state index in [9.17, 15) is 14.4 Å². The minimum Gasteiger partial charge on any atom is 0 e. The average molecular weight is 756 g/mol. The Morgan fingerprint density at radius 2 is 1.48 bits per heavy atom. The van der Waals surface area contributed by atoms with Crippen LogP contribution in [-0.4, -0.2) is 66.2 Å². The summed E-state index contributed by atoms with van der Waals surface area (Å²) in [7, 11) is -3.05. The van der Waals surface area contributed by atoms with Crippen LogP contribution in [0.25, 0.3) is 0 Å². The quantitative estimate of drug-likeness (QED) is 0.0532. The van der Waals surface area contributed by atoms with Crippen LogP contribution in [-0.2, 0) is 84.4 Å². The fourth-order valence-electron chi connectivity index (χ4n) is 2.97. The van der Waals surface area contributed by atoms with Gasteiger partial charge in [-0.25, -0.2) is 9.59 Å². The fourth-order valence-corrected chi connectivity index (χ4v) is 7.18. The molecule has 0 atom stereocenters. The Bertz CT molecular complexity index is 609. The van der Waals surface area contributed by atoms with Crippen LogP contribution in [0.1, 0.15) is 73.6 Å². The van der Waals surface area contributed by atoms with Crippen molar-refractivity contribution in [3.8, 4) is 0 Å². The summed E-state index contributed by atoms with van der Waals surface area (Å²) in [6, 6.07) is 3.84. The van der Waals surface area contributed by atoms with Crippen LogP contribution in [0, 0.1) is 12.3 Å². The van der Waals surface area contributed by atoms with E-state index in [1.165, 1.54) is 25.3 Å². The molecule has 40 heavy (non-hydrogen) atoms. The first-order valence-electron chi connectivity index (χ1n) is 14.4. The normalized spacial score (nSPS) is 11.2.